The molecule has 11 heteroatoms. The summed E-state index contributed by atoms with van der Waals surface area (Å²) in [6.07, 6.45) is -1.11. The van der Waals surface area contributed by atoms with Gasteiger partial charge < -0.3 is 5.11 Å². The third-order valence-corrected chi connectivity index (χ3v) is 11.5. The van der Waals surface area contributed by atoms with Crippen LogP contribution in [0.4, 0.5) is 13.2 Å². The van der Waals surface area contributed by atoms with Crippen LogP contribution in [0.3, 0.4) is 0 Å². The van der Waals surface area contributed by atoms with Crippen LogP contribution in [0.15, 0.2) is 66.9 Å². The number of fused-ring (bicyclic) bond motifs is 1. The predicted molar refractivity (Wildman–Crippen MR) is 146 cm³/mol. The molecule has 2 aromatic heterocycles. The highest BCUT2D eigenvalue weighted by Crippen LogP contribution is 2.68. The highest BCUT2D eigenvalue weighted by atomic mass is 35.5. The van der Waals surface area contributed by atoms with Crippen LogP contribution >= 0.6 is 22.9 Å². The molecule has 3 atom stereocenters. The summed E-state index contributed by atoms with van der Waals surface area (Å²) in [7, 11) is -3.63. The van der Waals surface area contributed by atoms with Crippen molar-refractivity contribution in [3.63, 3.8) is 0 Å². The third-order valence-electron chi connectivity index (χ3n) is 7.88. The standard InChI is InChI=1S/C28H24ClF3N2O3S2/c1-26(35,28(30,31)32)17-9-12-33-21(14-17)19-7-4-5-16-13-22(38-25(16)19)24(18-6-2-3-8-20(18)29)34-39(36,37)23-15-27(23)10-11-27/h2-9,12-14,23-24,34-35H,10-11,15H2,1H3/t23?,24-,26+/m1/s1. The smallest absolute Gasteiger partial charge is 0.376 e. The minimum atomic E-state index is -4.87. The molecule has 0 radical (unpaired) electrons. The van der Waals surface area contributed by atoms with Gasteiger partial charge in [0.15, 0.2) is 5.60 Å². The number of rotatable bonds is 7. The second-order valence-electron chi connectivity index (χ2n) is 10.5. The molecule has 0 aliphatic heterocycles. The van der Waals surface area contributed by atoms with Gasteiger partial charge in [-0.15, -0.1) is 11.3 Å². The van der Waals surface area contributed by atoms with Gasteiger partial charge in [0.2, 0.25) is 10.0 Å². The van der Waals surface area contributed by atoms with E-state index in [1.165, 1.54) is 23.6 Å². The second kappa shape index (κ2) is 9.01. The Kier molecular flexibility index (Phi) is 6.17. The van der Waals surface area contributed by atoms with Crippen LogP contribution in [0.25, 0.3) is 21.3 Å². The van der Waals surface area contributed by atoms with Gasteiger partial charge in [-0.2, -0.15) is 13.2 Å². The van der Waals surface area contributed by atoms with E-state index >= 15 is 0 Å². The van der Waals surface area contributed by atoms with Crippen molar-refractivity contribution in [3.8, 4) is 11.3 Å². The first-order valence-electron chi connectivity index (χ1n) is 12.4. The Morgan fingerprint density at radius 1 is 1.13 bits per heavy atom. The summed E-state index contributed by atoms with van der Waals surface area (Å²) >= 11 is 7.86. The predicted octanol–water partition coefficient (Wildman–Crippen LogP) is 6.95. The van der Waals surface area contributed by atoms with Crippen molar-refractivity contribution >= 4 is 43.0 Å². The summed E-state index contributed by atoms with van der Waals surface area (Å²) in [5.74, 6) is 0. The van der Waals surface area contributed by atoms with Crippen molar-refractivity contribution in [1.82, 2.24) is 9.71 Å². The summed E-state index contributed by atoms with van der Waals surface area (Å²) < 4.78 is 70.9. The van der Waals surface area contributed by atoms with Gasteiger partial charge in [0.1, 0.15) is 0 Å². The lowest BCUT2D eigenvalue weighted by Gasteiger charge is -2.26. The quantitative estimate of drug-likeness (QED) is 0.243. The lowest BCUT2D eigenvalue weighted by molar-refractivity contribution is -0.258. The minimum Gasteiger partial charge on any atom is -0.376 e. The van der Waals surface area contributed by atoms with Gasteiger partial charge in [-0.3, -0.25) is 4.98 Å². The van der Waals surface area contributed by atoms with Crippen LogP contribution in [0.2, 0.25) is 5.02 Å². The molecule has 2 heterocycles. The number of thiophene rings is 1. The molecule has 2 aliphatic rings. The van der Waals surface area contributed by atoms with Crippen molar-refractivity contribution in [2.45, 2.75) is 49.3 Å². The number of halogens is 4. The Morgan fingerprint density at radius 3 is 2.54 bits per heavy atom. The first kappa shape index (κ1) is 26.7. The van der Waals surface area contributed by atoms with Gasteiger partial charge >= 0.3 is 6.18 Å². The molecule has 2 aliphatic carbocycles. The van der Waals surface area contributed by atoms with E-state index in [9.17, 15) is 26.7 Å². The number of sulfonamides is 1. The summed E-state index contributed by atoms with van der Waals surface area (Å²) in [5, 5.41) is 11.0. The fourth-order valence-corrected chi connectivity index (χ4v) is 8.90. The Balaban J connectivity index is 1.44. The van der Waals surface area contributed by atoms with Crippen LogP contribution < -0.4 is 4.72 Å². The maximum absolute atomic E-state index is 13.5. The van der Waals surface area contributed by atoms with Gasteiger partial charge in [-0.25, -0.2) is 13.1 Å². The normalized spacial score (nSPS) is 20.6. The van der Waals surface area contributed by atoms with Gasteiger partial charge in [0, 0.05) is 26.4 Å². The van der Waals surface area contributed by atoms with Crippen molar-refractivity contribution in [2.24, 2.45) is 5.41 Å². The molecule has 5 nitrogen and oxygen atoms in total. The van der Waals surface area contributed by atoms with E-state index in [0.717, 1.165) is 29.0 Å². The van der Waals surface area contributed by atoms with Crippen LogP contribution in [-0.4, -0.2) is 29.9 Å². The largest absolute Gasteiger partial charge is 0.421 e. The molecule has 2 aromatic carbocycles. The summed E-state index contributed by atoms with van der Waals surface area (Å²) in [6, 6.07) is 15.9. The molecule has 0 saturated heterocycles. The zero-order valence-electron chi connectivity index (χ0n) is 20.7. The van der Waals surface area contributed by atoms with Crippen molar-refractivity contribution < 1.29 is 26.7 Å². The molecule has 0 bridgehead atoms. The van der Waals surface area contributed by atoms with E-state index in [1.54, 1.807) is 36.4 Å². The maximum Gasteiger partial charge on any atom is 0.421 e. The minimum absolute atomic E-state index is 0.0709. The first-order valence-corrected chi connectivity index (χ1v) is 15.1. The average Bonchev–Trinajstić information content (AvgIpc) is 3.78. The topological polar surface area (TPSA) is 79.3 Å². The number of hydrogen-bond donors (Lipinski definition) is 2. The lowest BCUT2D eigenvalue weighted by Crippen LogP contribution is -2.39. The monoisotopic (exact) mass is 592 g/mol. The van der Waals surface area contributed by atoms with Gasteiger partial charge in [-0.1, -0.05) is 48.0 Å². The van der Waals surface area contributed by atoms with Crippen LogP contribution in [-0.2, 0) is 15.6 Å². The van der Waals surface area contributed by atoms with E-state index in [0.29, 0.717) is 34.4 Å². The Morgan fingerprint density at radius 2 is 1.87 bits per heavy atom. The fourth-order valence-electron chi connectivity index (χ4n) is 5.14. The van der Waals surface area contributed by atoms with Crippen LogP contribution in [0.1, 0.15) is 48.2 Å². The van der Waals surface area contributed by atoms with Gasteiger partial charge in [0.25, 0.3) is 0 Å². The molecule has 0 amide bonds. The molecule has 204 valence electrons. The number of aliphatic hydroxyl groups is 1. The van der Waals surface area contributed by atoms with Crippen LogP contribution in [0, 0.1) is 5.41 Å². The summed E-state index contributed by atoms with van der Waals surface area (Å²) in [4.78, 5) is 4.98. The van der Waals surface area contributed by atoms with E-state index in [2.05, 4.69) is 9.71 Å². The second-order valence-corrected chi connectivity index (χ2v) is 13.9. The van der Waals surface area contributed by atoms with E-state index < -0.39 is 33.1 Å². The first-order chi connectivity index (χ1) is 18.3. The average molecular weight is 593 g/mol. The molecule has 6 rings (SSSR count). The fraction of sp³-hybridized carbons (Fsp3) is 0.321. The number of alkyl halides is 3. The highest BCUT2D eigenvalue weighted by molar-refractivity contribution is 7.90. The number of aromatic nitrogens is 1. The third kappa shape index (κ3) is 4.66. The number of nitrogens with one attached hydrogen (secondary N) is 1. The molecule has 1 spiro atoms. The van der Waals surface area contributed by atoms with Crippen molar-refractivity contribution in [1.29, 1.82) is 0 Å². The van der Waals surface area contributed by atoms with Crippen molar-refractivity contribution in [2.75, 3.05) is 0 Å². The zero-order chi connectivity index (χ0) is 27.8. The summed E-state index contributed by atoms with van der Waals surface area (Å²) in [5.41, 5.74) is -1.99. The summed E-state index contributed by atoms with van der Waals surface area (Å²) in [6.45, 7) is 0.710. The lowest BCUT2D eigenvalue weighted by atomic mass is 9.94. The number of hydrogen-bond acceptors (Lipinski definition) is 5. The molecule has 2 saturated carbocycles. The van der Waals surface area contributed by atoms with Gasteiger partial charge in [0.05, 0.1) is 17.0 Å². The Hall–Kier alpha value is -2.50. The SMILES string of the molecule is C[C@](O)(c1ccnc(-c2cccc3cc([C@H](NS(=O)(=O)C4CC45CC5)c4ccccc4Cl)sc23)c1)C(F)(F)F. The van der Waals surface area contributed by atoms with E-state index in [1.807, 2.05) is 12.1 Å². The molecule has 4 aromatic rings. The molecule has 39 heavy (non-hydrogen) atoms. The number of pyridine rings is 1. The molecule has 2 fully saturated rings. The maximum atomic E-state index is 13.5. The van der Waals surface area contributed by atoms with E-state index in [4.69, 9.17) is 11.6 Å². The number of nitrogens with zero attached hydrogens (tertiary/aromatic N) is 1. The molecular formula is C28H24ClF3N2O3S2. The van der Waals surface area contributed by atoms with E-state index in [-0.39, 0.29) is 16.7 Å². The molecular weight excluding hydrogens is 569 g/mol. The number of benzene rings is 2. The zero-order valence-corrected chi connectivity index (χ0v) is 23.1. The molecule has 2 N–H and O–H groups in total. The molecule has 1 unspecified atom stereocenters. The Bertz CT molecular complexity index is 1700. The van der Waals surface area contributed by atoms with Crippen molar-refractivity contribution in [3.05, 3.63) is 87.9 Å². The van der Waals surface area contributed by atoms with Gasteiger partial charge in [-0.05, 0) is 72.4 Å². The van der Waals surface area contributed by atoms with Crippen LogP contribution in [0.5, 0.6) is 0 Å². The Labute approximate surface area is 232 Å². The highest BCUT2D eigenvalue weighted by Gasteiger charge is 2.68.